The van der Waals surface area contributed by atoms with Gasteiger partial charge < -0.3 is 5.73 Å². The third-order valence-electron chi connectivity index (χ3n) is 2.99. The third-order valence-corrected chi connectivity index (χ3v) is 3.73. The van der Waals surface area contributed by atoms with Gasteiger partial charge in [-0.2, -0.15) is 0 Å². The fraction of sp³-hybridized carbons (Fsp3) is 0.267. The summed E-state index contributed by atoms with van der Waals surface area (Å²) < 4.78 is 13.8. The highest BCUT2D eigenvalue weighted by Crippen LogP contribution is 2.20. The summed E-state index contributed by atoms with van der Waals surface area (Å²) in [7, 11) is 0. The maximum Gasteiger partial charge on any atom is 0.124 e. The Balaban J connectivity index is 1.89. The molecule has 19 heavy (non-hydrogen) atoms. The summed E-state index contributed by atoms with van der Waals surface area (Å²) in [5, 5.41) is 0. The molecule has 100 valence electrons. The normalized spacial score (nSPS) is 12.4. The fourth-order valence-corrected chi connectivity index (χ4v) is 2.46. The van der Waals surface area contributed by atoms with E-state index in [1.54, 1.807) is 12.3 Å². The number of aryl methyl sites for hydroxylation is 1. The summed E-state index contributed by atoms with van der Waals surface area (Å²) in [6.07, 6.45) is 4.24. The summed E-state index contributed by atoms with van der Waals surface area (Å²) in [6, 6.07) is 10.6. The molecule has 0 aliphatic carbocycles. The Morgan fingerprint density at radius 2 is 2.11 bits per heavy atom. The highest BCUT2D eigenvalue weighted by molar-refractivity contribution is 9.10. The number of halogens is 2. The van der Waals surface area contributed by atoms with Crippen molar-refractivity contribution in [3.63, 3.8) is 0 Å². The van der Waals surface area contributed by atoms with E-state index >= 15 is 0 Å². The summed E-state index contributed by atoms with van der Waals surface area (Å²) in [6.45, 7) is 0. The van der Waals surface area contributed by atoms with Crippen LogP contribution in [-0.4, -0.2) is 11.0 Å². The van der Waals surface area contributed by atoms with Crippen molar-refractivity contribution in [1.82, 2.24) is 4.98 Å². The van der Waals surface area contributed by atoms with Crippen LogP contribution in [0.4, 0.5) is 4.39 Å². The Morgan fingerprint density at radius 1 is 1.26 bits per heavy atom. The van der Waals surface area contributed by atoms with Crippen LogP contribution in [0.3, 0.4) is 0 Å². The van der Waals surface area contributed by atoms with Crippen LogP contribution in [-0.2, 0) is 12.8 Å². The largest absolute Gasteiger partial charge is 0.327 e. The molecule has 1 atom stereocenters. The standard InChI is InChI=1S/C15H16BrFN2/c16-15-10-12(17)5-4-11(15)9-13(18)6-7-14-3-1-2-8-19-14/h1-5,8,10,13H,6-7,9,18H2. The van der Waals surface area contributed by atoms with Crippen LogP contribution in [0, 0.1) is 5.82 Å². The first kappa shape index (κ1) is 14.2. The molecule has 1 heterocycles. The number of hydrogen-bond donors (Lipinski definition) is 1. The van der Waals surface area contributed by atoms with E-state index in [-0.39, 0.29) is 11.9 Å². The predicted octanol–water partition coefficient (Wildman–Crippen LogP) is 3.49. The maximum absolute atomic E-state index is 13.0. The summed E-state index contributed by atoms with van der Waals surface area (Å²) in [5.41, 5.74) is 8.21. The Morgan fingerprint density at radius 3 is 2.79 bits per heavy atom. The van der Waals surface area contributed by atoms with Gasteiger partial charge in [0, 0.05) is 22.4 Å². The van der Waals surface area contributed by atoms with Crippen molar-refractivity contribution in [2.24, 2.45) is 5.73 Å². The number of rotatable bonds is 5. The molecule has 2 N–H and O–H groups in total. The molecule has 0 aliphatic rings. The van der Waals surface area contributed by atoms with Gasteiger partial charge >= 0.3 is 0 Å². The summed E-state index contributed by atoms with van der Waals surface area (Å²) in [5.74, 6) is -0.238. The second-order valence-electron chi connectivity index (χ2n) is 4.56. The quantitative estimate of drug-likeness (QED) is 0.915. The first-order valence-corrected chi connectivity index (χ1v) is 7.04. The topological polar surface area (TPSA) is 38.9 Å². The van der Waals surface area contributed by atoms with Gasteiger partial charge in [0.2, 0.25) is 0 Å². The van der Waals surface area contributed by atoms with Crippen molar-refractivity contribution in [1.29, 1.82) is 0 Å². The zero-order valence-corrected chi connectivity index (χ0v) is 12.1. The minimum Gasteiger partial charge on any atom is -0.327 e. The van der Waals surface area contributed by atoms with Crippen LogP contribution in [0.5, 0.6) is 0 Å². The highest BCUT2D eigenvalue weighted by atomic mass is 79.9. The van der Waals surface area contributed by atoms with Crippen molar-refractivity contribution in [2.45, 2.75) is 25.3 Å². The number of nitrogens with two attached hydrogens (primary N) is 1. The van der Waals surface area contributed by atoms with Gasteiger partial charge in [0.25, 0.3) is 0 Å². The van der Waals surface area contributed by atoms with E-state index in [4.69, 9.17) is 5.73 Å². The fourth-order valence-electron chi connectivity index (χ4n) is 1.95. The molecule has 2 rings (SSSR count). The van der Waals surface area contributed by atoms with Crippen molar-refractivity contribution in [2.75, 3.05) is 0 Å². The number of nitrogens with zero attached hydrogens (tertiary/aromatic N) is 1. The van der Waals surface area contributed by atoms with Crippen LogP contribution in [0.1, 0.15) is 17.7 Å². The maximum atomic E-state index is 13.0. The molecule has 0 radical (unpaired) electrons. The van der Waals surface area contributed by atoms with Crippen molar-refractivity contribution >= 4 is 15.9 Å². The van der Waals surface area contributed by atoms with Crippen LogP contribution < -0.4 is 5.73 Å². The SMILES string of the molecule is NC(CCc1ccccn1)Cc1ccc(F)cc1Br. The van der Waals surface area contributed by atoms with E-state index in [0.717, 1.165) is 35.0 Å². The van der Waals surface area contributed by atoms with Crippen LogP contribution in [0.25, 0.3) is 0 Å². The van der Waals surface area contributed by atoms with Gasteiger partial charge in [-0.3, -0.25) is 4.98 Å². The van der Waals surface area contributed by atoms with E-state index in [1.165, 1.54) is 12.1 Å². The van der Waals surface area contributed by atoms with Gasteiger partial charge in [-0.15, -0.1) is 0 Å². The summed E-state index contributed by atoms with van der Waals surface area (Å²) >= 11 is 3.36. The van der Waals surface area contributed by atoms with E-state index in [2.05, 4.69) is 20.9 Å². The van der Waals surface area contributed by atoms with Gasteiger partial charge in [0.15, 0.2) is 0 Å². The molecule has 0 aliphatic heterocycles. The number of aromatic nitrogens is 1. The molecule has 0 saturated carbocycles. The molecule has 2 nitrogen and oxygen atoms in total. The third kappa shape index (κ3) is 4.40. The monoisotopic (exact) mass is 322 g/mol. The molecule has 2 aromatic rings. The molecule has 0 spiro atoms. The molecule has 4 heteroatoms. The van der Waals surface area contributed by atoms with Crippen molar-refractivity contribution < 1.29 is 4.39 Å². The van der Waals surface area contributed by atoms with Gasteiger partial charge in [0.05, 0.1) is 0 Å². The van der Waals surface area contributed by atoms with Crippen LogP contribution in [0.2, 0.25) is 0 Å². The Labute approximate surface area is 121 Å². The lowest BCUT2D eigenvalue weighted by molar-refractivity contribution is 0.599. The molecule has 1 aromatic heterocycles. The molecule has 1 aromatic carbocycles. The zero-order chi connectivity index (χ0) is 13.7. The van der Waals surface area contributed by atoms with Gasteiger partial charge in [-0.1, -0.05) is 28.1 Å². The smallest absolute Gasteiger partial charge is 0.124 e. The molecule has 0 saturated heterocycles. The first-order valence-electron chi connectivity index (χ1n) is 6.24. The molecule has 0 bridgehead atoms. The molecule has 0 fully saturated rings. The van der Waals surface area contributed by atoms with E-state index in [9.17, 15) is 4.39 Å². The lowest BCUT2D eigenvalue weighted by Gasteiger charge is -2.12. The van der Waals surface area contributed by atoms with Crippen molar-refractivity contribution in [3.05, 3.63) is 64.1 Å². The van der Waals surface area contributed by atoms with Gasteiger partial charge in [0.1, 0.15) is 5.82 Å². The lowest BCUT2D eigenvalue weighted by Crippen LogP contribution is -2.23. The minimum absolute atomic E-state index is 0.0452. The summed E-state index contributed by atoms with van der Waals surface area (Å²) in [4.78, 5) is 4.27. The molecule has 0 amide bonds. The highest BCUT2D eigenvalue weighted by Gasteiger charge is 2.08. The predicted molar refractivity (Wildman–Crippen MR) is 78.3 cm³/mol. The van der Waals surface area contributed by atoms with Crippen LogP contribution >= 0.6 is 15.9 Å². The average Bonchev–Trinajstić information content (AvgIpc) is 2.41. The van der Waals surface area contributed by atoms with Crippen molar-refractivity contribution in [3.8, 4) is 0 Å². The van der Waals surface area contributed by atoms with E-state index in [1.807, 2.05) is 18.2 Å². The zero-order valence-electron chi connectivity index (χ0n) is 10.5. The number of pyridine rings is 1. The van der Waals surface area contributed by atoms with E-state index in [0.29, 0.717) is 0 Å². The second-order valence-corrected chi connectivity index (χ2v) is 5.41. The lowest BCUT2D eigenvalue weighted by atomic mass is 10.0. The Hall–Kier alpha value is -1.26. The Bertz CT molecular complexity index is 531. The van der Waals surface area contributed by atoms with Crippen LogP contribution in [0.15, 0.2) is 47.1 Å². The minimum atomic E-state index is -0.238. The van der Waals surface area contributed by atoms with Gasteiger partial charge in [-0.25, -0.2) is 4.39 Å². The average molecular weight is 323 g/mol. The Kier molecular flexibility index (Phi) is 5.05. The van der Waals surface area contributed by atoms with Gasteiger partial charge in [-0.05, 0) is 49.1 Å². The second kappa shape index (κ2) is 6.78. The number of benzene rings is 1. The molecule has 1 unspecified atom stereocenters. The first-order chi connectivity index (χ1) is 9.15. The number of hydrogen-bond acceptors (Lipinski definition) is 2. The molecular weight excluding hydrogens is 307 g/mol. The van der Waals surface area contributed by atoms with E-state index < -0.39 is 0 Å². The molecular formula is C15H16BrFN2.